The SMILES string of the molecule is Cc1cc(Br)cc(S(N)(=O)=O)c1OC1CCCC1. The van der Waals surface area contributed by atoms with Crippen molar-refractivity contribution in [2.24, 2.45) is 5.14 Å². The summed E-state index contributed by atoms with van der Waals surface area (Å²) in [4.78, 5) is 0.0567. The van der Waals surface area contributed by atoms with Crippen LogP contribution < -0.4 is 9.88 Å². The summed E-state index contributed by atoms with van der Waals surface area (Å²) in [6.45, 7) is 1.82. The fraction of sp³-hybridized carbons (Fsp3) is 0.500. The van der Waals surface area contributed by atoms with Crippen molar-refractivity contribution >= 4 is 26.0 Å². The first kappa shape index (κ1) is 13.8. The molecular formula is C12H16BrNO3S. The van der Waals surface area contributed by atoms with Gasteiger partial charge in [-0.3, -0.25) is 0 Å². The maximum absolute atomic E-state index is 11.6. The Morgan fingerprint density at radius 3 is 2.50 bits per heavy atom. The molecule has 6 heteroatoms. The fourth-order valence-corrected chi connectivity index (χ4v) is 3.72. The summed E-state index contributed by atoms with van der Waals surface area (Å²) < 4.78 is 29.7. The average Bonchev–Trinajstić information content (AvgIpc) is 2.72. The molecule has 0 saturated heterocycles. The number of hydrogen-bond acceptors (Lipinski definition) is 3. The molecule has 18 heavy (non-hydrogen) atoms. The van der Waals surface area contributed by atoms with Gasteiger partial charge < -0.3 is 4.74 Å². The van der Waals surface area contributed by atoms with E-state index in [2.05, 4.69) is 15.9 Å². The predicted octanol–water partition coefficient (Wildman–Crippen LogP) is 2.73. The van der Waals surface area contributed by atoms with Crippen molar-refractivity contribution in [1.29, 1.82) is 0 Å². The maximum atomic E-state index is 11.6. The zero-order valence-corrected chi connectivity index (χ0v) is 12.6. The summed E-state index contributed by atoms with van der Waals surface area (Å²) in [5, 5.41) is 5.24. The minimum Gasteiger partial charge on any atom is -0.489 e. The summed E-state index contributed by atoms with van der Waals surface area (Å²) in [6.07, 6.45) is 4.31. The number of primary sulfonamides is 1. The van der Waals surface area contributed by atoms with Crippen molar-refractivity contribution in [3.8, 4) is 5.75 Å². The molecule has 1 aromatic rings. The van der Waals surface area contributed by atoms with Crippen molar-refractivity contribution in [2.45, 2.75) is 43.6 Å². The van der Waals surface area contributed by atoms with Crippen LogP contribution in [0.15, 0.2) is 21.5 Å². The lowest BCUT2D eigenvalue weighted by molar-refractivity contribution is 0.203. The number of benzene rings is 1. The highest BCUT2D eigenvalue weighted by Gasteiger charge is 2.23. The Bertz CT molecular complexity index is 551. The lowest BCUT2D eigenvalue weighted by Gasteiger charge is -2.18. The van der Waals surface area contributed by atoms with Crippen molar-refractivity contribution in [1.82, 2.24) is 0 Å². The Kier molecular flexibility index (Phi) is 3.99. The van der Waals surface area contributed by atoms with E-state index in [4.69, 9.17) is 9.88 Å². The third kappa shape index (κ3) is 3.05. The molecule has 0 aromatic heterocycles. The second-order valence-corrected chi connectivity index (χ2v) is 7.06. The highest BCUT2D eigenvalue weighted by atomic mass is 79.9. The third-order valence-corrected chi connectivity index (χ3v) is 4.47. The van der Waals surface area contributed by atoms with Crippen molar-refractivity contribution in [3.63, 3.8) is 0 Å². The number of ether oxygens (including phenoxy) is 1. The van der Waals surface area contributed by atoms with Crippen LogP contribution in [-0.4, -0.2) is 14.5 Å². The van der Waals surface area contributed by atoms with E-state index in [1.807, 2.05) is 13.0 Å². The van der Waals surface area contributed by atoms with E-state index in [1.54, 1.807) is 0 Å². The molecule has 1 aliphatic rings. The molecule has 0 amide bonds. The van der Waals surface area contributed by atoms with Crippen LogP contribution in [0, 0.1) is 6.92 Å². The van der Waals surface area contributed by atoms with Gasteiger partial charge in [0.2, 0.25) is 10.0 Å². The van der Waals surface area contributed by atoms with Crippen molar-refractivity contribution in [2.75, 3.05) is 0 Å². The highest BCUT2D eigenvalue weighted by molar-refractivity contribution is 9.10. The first-order valence-electron chi connectivity index (χ1n) is 5.87. The van der Waals surface area contributed by atoms with E-state index in [-0.39, 0.29) is 11.0 Å². The normalized spacial score (nSPS) is 17.1. The fourth-order valence-electron chi connectivity index (χ4n) is 2.23. The topological polar surface area (TPSA) is 69.4 Å². The van der Waals surface area contributed by atoms with Gasteiger partial charge in [-0.1, -0.05) is 15.9 Å². The van der Waals surface area contributed by atoms with E-state index in [9.17, 15) is 8.42 Å². The summed E-state index contributed by atoms with van der Waals surface area (Å²) in [6, 6.07) is 3.32. The first-order valence-corrected chi connectivity index (χ1v) is 8.21. The molecule has 0 atom stereocenters. The standard InChI is InChI=1S/C12H16BrNO3S/c1-8-6-9(13)7-11(18(14,15)16)12(8)17-10-4-2-3-5-10/h6-7,10H,2-5H2,1H3,(H2,14,15,16). The predicted molar refractivity (Wildman–Crippen MR) is 73.1 cm³/mol. The number of hydrogen-bond donors (Lipinski definition) is 1. The van der Waals surface area contributed by atoms with Gasteiger partial charge >= 0.3 is 0 Å². The third-order valence-electron chi connectivity index (χ3n) is 3.10. The molecule has 0 unspecified atom stereocenters. The second-order valence-electron chi connectivity index (χ2n) is 4.62. The Hall–Kier alpha value is -0.590. The van der Waals surface area contributed by atoms with Gasteiger partial charge in [-0.15, -0.1) is 0 Å². The summed E-state index contributed by atoms with van der Waals surface area (Å²) in [7, 11) is -3.78. The second kappa shape index (κ2) is 5.19. The van der Waals surface area contributed by atoms with Gasteiger partial charge in [-0.2, -0.15) is 0 Å². The van der Waals surface area contributed by atoms with E-state index in [0.717, 1.165) is 31.2 Å². The Labute approximate surface area is 116 Å². The van der Waals surface area contributed by atoms with Crippen LogP contribution in [0.25, 0.3) is 0 Å². The number of aryl methyl sites for hydroxylation is 1. The molecule has 4 nitrogen and oxygen atoms in total. The summed E-state index contributed by atoms with van der Waals surface area (Å²) in [5.74, 6) is 0.396. The van der Waals surface area contributed by atoms with Gasteiger partial charge in [-0.05, 0) is 50.3 Å². The molecule has 0 radical (unpaired) electrons. The van der Waals surface area contributed by atoms with Gasteiger partial charge in [0.1, 0.15) is 10.6 Å². The van der Waals surface area contributed by atoms with Crippen LogP contribution in [0.1, 0.15) is 31.2 Å². The number of nitrogens with two attached hydrogens (primary N) is 1. The Morgan fingerprint density at radius 2 is 1.94 bits per heavy atom. The van der Waals surface area contributed by atoms with Gasteiger partial charge in [0.25, 0.3) is 0 Å². The minimum atomic E-state index is -3.78. The lowest BCUT2D eigenvalue weighted by atomic mass is 10.2. The van der Waals surface area contributed by atoms with Gasteiger partial charge in [-0.25, -0.2) is 13.6 Å². The van der Waals surface area contributed by atoms with Crippen LogP contribution in [0.5, 0.6) is 5.75 Å². The molecule has 100 valence electrons. The van der Waals surface area contributed by atoms with Crippen LogP contribution in [0.4, 0.5) is 0 Å². The minimum absolute atomic E-state index is 0.0567. The molecule has 1 aromatic carbocycles. The van der Waals surface area contributed by atoms with Crippen LogP contribution >= 0.6 is 15.9 Å². The quantitative estimate of drug-likeness (QED) is 0.924. The average molecular weight is 334 g/mol. The van der Waals surface area contributed by atoms with Crippen molar-refractivity contribution in [3.05, 3.63) is 22.2 Å². The highest BCUT2D eigenvalue weighted by Crippen LogP contribution is 2.34. The molecule has 1 fully saturated rings. The van der Waals surface area contributed by atoms with Crippen molar-refractivity contribution < 1.29 is 13.2 Å². The number of sulfonamides is 1. The molecule has 0 aliphatic heterocycles. The van der Waals surface area contributed by atoms with Gasteiger partial charge in [0.05, 0.1) is 6.10 Å². The molecule has 0 spiro atoms. The van der Waals surface area contributed by atoms with Crippen LogP contribution in [0.3, 0.4) is 0 Å². The molecule has 1 aliphatic carbocycles. The first-order chi connectivity index (χ1) is 8.38. The Balaban J connectivity index is 2.43. The zero-order valence-electron chi connectivity index (χ0n) is 10.1. The number of halogens is 1. The summed E-state index contributed by atoms with van der Waals surface area (Å²) >= 11 is 3.28. The molecule has 1 saturated carbocycles. The molecular weight excluding hydrogens is 318 g/mol. The summed E-state index contributed by atoms with van der Waals surface area (Å²) in [5.41, 5.74) is 0.778. The van der Waals surface area contributed by atoms with E-state index in [0.29, 0.717) is 10.2 Å². The monoisotopic (exact) mass is 333 g/mol. The van der Waals surface area contributed by atoms with E-state index >= 15 is 0 Å². The van der Waals surface area contributed by atoms with Crippen LogP contribution in [-0.2, 0) is 10.0 Å². The Morgan fingerprint density at radius 1 is 1.33 bits per heavy atom. The molecule has 0 heterocycles. The zero-order chi connectivity index (χ0) is 13.3. The van der Waals surface area contributed by atoms with Gasteiger partial charge in [0, 0.05) is 4.47 Å². The van der Waals surface area contributed by atoms with E-state index in [1.165, 1.54) is 6.07 Å². The van der Waals surface area contributed by atoms with Gasteiger partial charge in [0.15, 0.2) is 0 Å². The molecule has 0 bridgehead atoms. The molecule has 2 N–H and O–H groups in total. The van der Waals surface area contributed by atoms with E-state index < -0.39 is 10.0 Å². The maximum Gasteiger partial charge on any atom is 0.241 e. The lowest BCUT2D eigenvalue weighted by Crippen LogP contribution is -2.18. The smallest absolute Gasteiger partial charge is 0.241 e. The largest absolute Gasteiger partial charge is 0.489 e. The van der Waals surface area contributed by atoms with Crippen LogP contribution in [0.2, 0.25) is 0 Å². The number of rotatable bonds is 3. The molecule has 2 rings (SSSR count).